The van der Waals surface area contributed by atoms with E-state index < -0.39 is 0 Å². The molecule has 1 rings (SSSR count). The van der Waals surface area contributed by atoms with Crippen molar-refractivity contribution in [2.45, 2.75) is 5.75 Å². The van der Waals surface area contributed by atoms with Crippen molar-refractivity contribution in [3.8, 4) is 0 Å². The van der Waals surface area contributed by atoms with Crippen molar-refractivity contribution in [3.63, 3.8) is 0 Å². The quantitative estimate of drug-likeness (QED) is 0.654. The van der Waals surface area contributed by atoms with Gasteiger partial charge < -0.3 is 0 Å². The van der Waals surface area contributed by atoms with E-state index in [0.29, 0.717) is 0 Å². The normalized spacial score (nSPS) is 11.6. The molecule has 0 aliphatic rings. The van der Waals surface area contributed by atoms with Gasteiger partial charge in [0.2, 0.25) is 0 Å². The monoisotopic (exact) mass is 161 g/mol. The summed E-state index contributed by atoms with van der Waals surface area (Å²) in [4.78, 5) is 4.19. The van der Waals surface area contributed by atoms with Gasteiger partial charge in [0.25, 0.3) is 0 Å². The molecule has 0 amide bonds. The first-order valence-electron chi connectivity index (χ1n) is 2.81. The highest BCUT2D eigenvalue weighted by molar-refractivity contribution is 8.15. The highest BCUT2D eigenvalue weighted by atomic mass is 32.2. The van der Waals surface area contributed by atoms with Crippen LogP contribution in [-0.4, -0.2) is 17.5 Å². The van der Waals surface area contributed by atoms with Crippen LogP contribution >= 0.6 is 22.2 Å². The maximum Gasteiger partial charge on any atom is 0.0795 e. The molecule has 0 saturated carbocycles. The van der Waals surface area contributed by atoms with E-state index in [4.69, 9.17) is 0 Å². The smallest absolute Gasteiger partial charge is 0.0795 e. The zero-order chi connectivity index (χ0) is 6.69. The van der Waals surface area contributed by atoms with Gasteiger partial charge in [-0.3, -0.25) is 10.9 Å². The standard InChI is InChI=1S/C6H11NS2/c1-9(2)4-6-3-8-5-7-6/h3,5,9H,4H2,1-2H3. The van der Waals surface area contributed by atoms with Crippen LogP contribution in [0.3, 0.4) is 0 Å². The molecule has 3 heteroatoms. The Morgan fingerprint density at radius 1 is 1.67 bits per heavy atom. The molecule has 0 spiro atoms. The first kappa shape index (κ1) is 7.09. The molecule has 0 fully saturated rings. The number of nitrogens with zero attached hydrogens (tertiary/aromatic N) is 1. The molecule has 1 nitrogen and oxygen atoms in total. The number of aromatic nitrogens is 1. The molecule has 52 valence electrons. The molecule has 0 radical (unpaired) electrons. The van der Waals surface area contributed by atoms with Crippen molar-refractivity contribution in [2.75, 3.05) is 12.5 Å². The van der Waals surface area contributed by atoms with Gasteiger partial charge in [-0.1, -0.05) is 0 Å². The van der Waals surface area contributed by atoms with Gasteiger partial charge in [-0.25, -0.2) is 4.98 Å². The minimum Gasteiger partial charge on any atom is -0.254 e. The van der Waals surface area contributed by atoms with Gasteiger partial charge in [0, 0.05) is 11.1 Å². The predicted molar refractivity (Wildman–Crippen MR) is 46.7 cm³/mol. The SMILES string of the molecule is C[SH](C)Cc1cscn1. The number of rotatable bonds is 2. The average molecular weight is 161 g/mol. The zero-order valence-corrected chi connectivity index (χ0v) is 7.38. The fraction of sp³-hybridized carbons (Fsp3) is 0.500. The Labute approximate surface area is 62.5 Å². The van der Waals surface area contributed by atoms with Gasteiger partial charge in [-0.05, 0) is 12.5 Å². The highest BCUT2D eigenvalue weighted by Gasteiger charge is 1.93. The summed E-state index contributed by atoms with van der Waals surface area (Å²) >= 11 is 1.68. The summed E-state index contributed by atoms with van der Waals surface area (Å²) in [6.07, 6.45) is 4.54. The van der Waals surface area contributed by atoms with Crippen LogP contribution in [0, 0.1) is 0 Å². The van der Waals surface area contributed by atoms with Gasteiger partial charge in [-0.2, -0.15) is 0 Å². The summed E-state index contributed by atoms with van der Waals surface area (Å²) in [6.45, 7) is 0. The van der Waals surface area contributed by atoms with Gasteiger partial charge in [0.15, 0.2) is 0 Å². The molecule has 9 heavy (non-hydrogen) atoms. The first-order valence-corrected chi connectivity index (χ1v) is 6.17. The second-order valence-electron chi connectivity index (χ2n) is 2.22. The van der Waals surface area contributed by atoms with Gasteiger partial charge in [0.1, 0.15) is 0 Å². The van der Waals surface area contributed by atoms with E-state index in [-0.39, 0.29) is 10.9 Å². The lowest BCUT2D eigenvalue weighted by molar-refractivity contribution is 1.23. The summed E-state index contributed by atoms with van der Waals surface area (Å²) in [5.41, 5.74) is 3.16. The number of hydrogen-bond donors (Lipinski definition) is 1. The van der Waals surface area contributed by atoms with Crippen LogP contribution in [0.4, 0.5) is 0 Å². The van der Waals surface area contributed by atoms with Crippen molar-refractivity contribution in [2.24, 2.45) is 0 Å². The van der Waals surface area contributed by atoms with Crippen molar-refractivity contribution in [1.29, 1.82) is 0 Å². The first-order chi connectivity index (χ1) is 4.29. The minimum absolute atomic E-state index is 0.193. The summed E-state index contributed by atoms with van der Waals surface area (Å²) in [6, 6.07) is 0. The number of hydrogen-bond acceptors (Lipinski definition) is 2. The van der Waals surface area contributed by atoms with Crippen LogP contribution in [0.5, 0.6) is 0 Å². The second-order valence-corrected chi connectivity index (χ2v) is 5.41. The van der Waals surface area contributed by atoms with Gasteiger partial charge >= 0.3 is 0 Å². The molecular formula is C6H11NS2. The van der Waals surface area contributed by atoms with E-state index in [2.05, 4.69) is 22.9 Å². The maximum absolute atomic E-state index is 4.19. The van der Waals surface area contributed by atoms with Crippen LogP contribution in [0.1, 0.15) is 5.69 Å². The van der Waals surface area contributed by atoms with Crippen molar-refractivity contribution in [1.82, 2.24) is 4.98 Å². The maximum atomic E-state index is 4.19. The van der Waals surface area contributed by atoms with Gasteiger partial charge in [0.05, 0.1) is 11.2 Å². The summed E-state index contributed by atoms with van der Waals surface area (Å²) in [5, 5.41) is 2.13. The van der Waals surface area contributed by atoms with Crippen molar-refractivity contribution in [3.05, 3.63) is 16.6 Å². The molecule has 0 unspecified atom stereocenters. The Morgan fingerprint density at radius 3 is 2.89 bits per heavy atom. The van der Waals surface area contributed by atoms with E-state index >= 15 is 0 Å². The average Bonchev–Trinajstić information content (AvgIpc) is 2.15. The predicted octanol–water partition coefficient (Wildman–Crippen LogP) is 1.90. The third-order valence-corrected chi connectivity index (χ3v) is 2.55. The molecule has 0 saturated heterocycles. The summed E-state index contributed by atoms with van der Waals surface area (Å²) in [5.74, 6) is 1.18. The van der Waals surface area contributed by atoms with Crippen LogP contribution in [0.25, 0.3) is 0 Å². The van der Waals surface area contributed by atoms with Crippen molar-refractivity contribution >= 4 is 22.2 Å². The van der Waals surface area contributed by atoms with Gasteiger partial charge in [-0.15, -0.1) is 11.3 Å². The molecule has 0 atom stereocenters. The fourth-order valence-corrected chi connectivity index (χ4v) is 2.14. The third-order valence-electron chi connectivity index (χ3n) is 0.962. The molecule has 0 N–H and O–H groups in total. The molecular weight excluding hydrogens is 150 g/mol. The van der Waals surface area contributed by atoms with E-state index in [1.54, 1.807) is 11.3 Å². The van der Waals surface area contributed by atoms with Crippen LogP contribution in [0.2, 0.25) is 0 Å². The summed E-state index contributed by atoms with van der Waals surface area (Å²) in [7, 11) is 0.193. The van der Waals surface area contributed by atoms with E-state index in [1.807, 2.05) is 5.51 Å². The second kappa shape index (κ2) is 3.22. The number of thiazole rings is 1. The lowest BCUT2D eigenvalue weighted by atomic mass is 10.6. The van der Waals surface area contributed by atoms with E-state index in [9.17, 15) is 0 Å². The largest absolute Gasteiger partial charge is 0.254 e. The topological polar surface area (TPSA) is 12.9 Å². The molecule has 0 bridgehead atoms. The summed E-state index contributed by atoms with van der Waals surface area (Å²) < 4.78 is 0. The molecule has 1 heterocycles. The Balaban J connectivity index is 2.48. The van der Waals surface area contributed by atoms with Crippen LogP contribution in [0.15, 0.2) is 10.9 Å². The molecule has 1 aromatic rings. The lowest BCUT2D eigenvalue weighted by Gasteiger charge is -2.03. The molecule has 0 aliphatic carbocycles. The molecule has 0 aliphatic heterocycles. The van der Waals surface area contributed by atoms with E-state index in [1.165, 1.54) is 11.4 Å². The Bertz CT molecular complexity index is 158. The number of thiol groups is 1. The van der Waals surface area contributed by atoms with Crippen LogP contribution < -0.4 is 0 Å². The fourth-order valence-electron chi connectivity index (χ4n) is 0.640. The Hall–Kier alpha value is -0.0200. The molecule has 1 aromatic heterocycles. The van der Waals surface area contributed by atoms with E-state index in [0.717, 1.165) is 0 Å². The Kier molecular flexibility index (Phi) is 2.54. The zero-order valence-electron chi connectivity index (χ0n) is 5.66. The minimum atomic E-state index is 0.193. The lowest BCUT2D eigenvalue weighted by Crippen LogP contribution is -1.82. The highest BCUT2D eigenvalue weighted by Crippen LogP contribution is 2.20. The third kappa shape index (κ3) is 2.37. The van der Waals surface area contributed by atoms with Crippen LogP contribution in [-0.2, 0) is 5.75 Å². The Morgan fingerprint density at radius 2 is 2.44 bits per heavy atom. The van der Waals surface area contributed by atoms with Crippen molar-refractivity contribution < 1.29 is 0 Å². The molecule has 0 aromatic carbocycles.